The molecule has 1 heterocycles. The summed E-state index contributed by atoms with van der Waals surface area (Å²) >= 11 is 0. The maximum absolute atomic E-state index is 10.2. The summed E-state index contributed by atoms with van der Waals surface area (Å²) in [6, 6.07) is -1.95. The molecule has 0 aromatic rings. The van der Waals surface area contributed by atoms with E-state index < -0.39 is 24.0 Å². The number of carboxylic acid groups (broad SMARTS) is 2. The third-order valence-electron chi connectivity index (χ3n) is 1.36. The molecular weight excluding hydrogens is 152 g/mol. The first-order valence-corrected chi connectivity index (χ1v) is 2.97. The van der Waals surface area contributed by atoms with E-state index in [9.17, 15) is 9.59 Å². The zero-order valence-corrected chi connectivity index (χ0v) is 5.47. The molecule has 2 N–H and O–H groups in total. The lowest BCUT2D eigenvalue weighted by Crippen LogP contribution is -2.22. The van der Waals surface area contributed by atoms with Gasteiger partial charge in [0.2, 0.25) is 0 Å². The molecule has 60 valence electrons. The van der Waals surface area contributed by atoms with Crippen LogP contribution in [0.25, 0.3) is 0 Å². The molecular formula is C5H6N2O4. The van der Waals surface area contributed by atoms with Gasteiger partial charge in [0.25, 0.3) is 0 Å². The molecule has 1 aliphatic rings. The molecule has 2 unspecified atom stereocenters. The standard InChI is InChI=1S/C5H6N2O4/c8-4(9)2-1-3(5(10)11)7-6-2/h2-3H,1H2,(H,8,9)(H,10,11). The lowest BCUT2D eigenvalue weighted by atomic mass is 10.1. The summed E-state index contributed by atoms with van der Waals surface area (Å²) in [7, 11) is 0. The van der Waals surface area contributed by atoms with Crippen molar-refractivity contribution in [3.8, 4) is 0 Å². The topological polar surface area (TPSA) is 99.3 Å². The van der Waals surface area contributed by atoms with Gasteiger partial charge < -0.3 is 10.2 Å². The normalized spacial score (nSPS) is 28.7. The van der Waals surface area contributed by atoms with E-state index in [0.29, 0.717) is 0 Å². The second-order valence-corrected chi connectivity index (χ2v) is 2.17. The Bertz CT molecular complexity index is 203. The monoisotopic (exact) mass is 158 g/mol. The summed E-state index contributed by atoms with van der Waals surface area (Å²) in [4.78, 5) is 20.4. The highest BCUT2D eigenvalue weighted by Crippen LogP contribution is 2.15. The van der Waals surface area contributed by atoms with Crippen molar-refractivity contribution < 1.29 is 19.8 Å². The van der Waals surface area contributed by atoms with E-state index in [-0.39, 0.29) is 6.42 Å². The highest BCUT2D eigenvalue weighted by Gasteiger charge is 2.31. The Morgan fingerprint density at radius 2 is 1.45 bits per heavy atom. The molecule has 0 aromatic heterocycles. The zero-order chi connectivity index (χ0) is 8.43. The molecule has 11 heavy (non-hydrogen) atoms. The van der Waals surface area contributed by atoms with Crippen LogP contribution in [0.1, 0.15) is 6.42 Å². The minimum Gasteiger partial charge on any atom is -0.480 e. The summed E-state index contributed by atoms with van der Waals surface area (Å²) in [6.45, 7) is 0. The Hall–Kier alpha value is -1.46. The highest BCUT2D eigenvalue weighted by atomic mass is 16.4. The van der Waals surface area contributed by atoms with Crippen molar-refractivity contribution in [2.24, 2.45) is 10.2 Å². The first kappa shape index (κ1) is 7.64. The van der Waals surface area contributed by atoms with E-state index in [4.69, 9.17) is 10.2 Å². The molecule has 0 aliphatic carbocycles. The number of carboxylic acids is 2. The SMILES string of the molecule is O=C(O)C1CC(C(=O)O)N=N1. The van der Waals surface area contributed by atoms with Crippen LogP contribution in [-0.4, -0.2) is 34.2 Å². The smallest absolute Gasteiger partial charge is 0.330 e. The zero-order valence-electron chi connectivity index (χ0n) is 5.47. The Labute approximate surface area is 61.6 Å². The van der Waals surface area contributed by atoms with E-state index in [1.165, 1.54) is 0 Å². The Kier molecular flexibility index (Phi) is 1.84. The van der Waals surface area contributed by atoms with Crippen LogP contribution in [0.2, 0.25) is 0 Å². The van der Waals surface area contributed by atoms with E-state index in [0.717, 1.165) is 0 Å². The number of aliphatic carboxylic acids is 2. The second kappa shape index (κ2) is 2.65. The predicted octanol–water partition coefficient (Wildman–Crippen LogP) is -0.251. The summed E-state index contributed by atoms with van der Waals surface area (Å²) in [5.74, 6) is -2.25. The number of carbonyl (C=O) groups is 2. The van der Waals surface area contributed by atoms with Gasteiger partial charge >= 0.3 is 11.9 Å². The molecule has 1 rings (SSSR count). The molecule has 0 radical (unpaired) electrons. The fourth-order valence-corrected chi connectivity index (χ4v) is 0.767. The van der Waals surface area contributed by atoms with Gasteiger partial charge in [-0.3, -0.25) is 0 Å². The van der Waals surface area contributed by atoms with Crippen molar-refractivity contribution in [2.45, 2.75) is 18.5 Å². The third kappa shape index (κ3) is 1.51. The van der Waals surface area contributed by atoms with Crippen molar-refractivity contribution in [3.63, 3.8) is 0 Å². The molecule has 6 nitrogen and oxygen atoms in total. The van der Waals surface area contributed by atoms with Crippen LogP contribution in [0.5, 0.6) is 0 Å². The van der Waals surface area contributed by atoms with Crippen LogP contribution in [-0.2, 0) is 9.59 Å². The number of azo groups is 1. The van der Waals surface area contributed by atoms with Crippen molar-refractivity contribution in [1.29, 1.82) is 0 Å². The minimum absolute atomic E-state index is 0.0370. The second-order valence-electron chi connectivity index (χ2n) is 2.17. The molecule has 0 spiro atoms. The average molecular weight is 158 g/mol. The summed E-state index contributed by atoms with van der Waals surface area (Å²) in [5.41, 5.74) is 0. The third-order valence-corrected chi connectivity index (χ3v) is 1.36. The fourth-order valence-electron chi connectivity index (χ4n) is 0.767. The van der Waals surface area contributed by atoms with Crippen LogP contribution in [0.4, 0.5) is 0 Å². The van der Waals surface area contributed by atoms with Crippen LogP contribution in [0.3, 0.4) is 0 Å². The van der Waals surface area contributed by atoms with Crippen LogP contribution in [0, 0.1) is 0 Å². The minimum atomic E-state index is -1.13. The van der Waals surface area contributed by atoms with Crippen LogP contribution >= 0.6 is 0 Å². The summed E-state index contributed by atoms with van der Waals surface area (Å²) < 4.78 is 0. The van der Waals surface area contributed by atoms with E-state index in [1.807, 2.05) is 0 Å². The van der Waals surface area contributed by atoms with Gasteiger partial charge in [-0.25, -0.2) is 9.59 Å². The van der Waals surface area contributed by atoms with E-state index in [1.54, 1.807) is 0 Å². The molecule has 0 bridgehead atoms. The van der Waals surface area contributed by atoms with Crippen molar-refractivity contribution in [1.82, 2.24) is 0 Å². The molecule has 0 fully saturated rings. The van der Waals surface area contributed by atoms with Crippen molar-refractivity contribution in [3.05, 3.63) is 0 Å². The van der Waals surface area contributed by atoms with Gasteiger partial charge in [0.05, 0.1) is 0 Å². The first-order chi connectivity index (χ1) is 5.11. The molecule has 0 saturated carbocycles. The Morgan fingerprint density at radius 1 is 1.09 bits per heavy atom. The number of hydrogen-bond acceptors (Lipinski definition) is 4. The van der Waals surface area contributed by atoms with Gasteiger partial charge in [0.15, 0.2) is 12.1 Å². The number of nitrogens with zero attached hydrogens (tertiary/aromatic N) is 2. The Morgan fingerprint density at radius 3 is 1.64 bits per heavy atom. The van der Waals surface area contributed by atoms with Crippen LogP contribution in [0.15, 0.2) is 10.2 Å². The van der Waals surface area contributed by atoms with E-state index >= 15 is 0 Å². The molecule has 1 aliphatic heterocycles. The Balaban J connectivity index is 2.56. The summed E-state index contributed by atoms with van der Waals surface area (Å²) in [5, 5.41) is 23.3. The maximum atomic E-state index is 10.2. The van der Waals surface area contributed by atoms with Crippen molar-refractivity contribution in [2.75, 3.05) is 0 Å². The highest BCUT2D eigenvalue weighted by molar-refractivity contribution is 5.78. The predicted molar refractivity (Wildman–Crippen MR) is 32.3 cm³/mol. The van der Waals surface area contributed by atoms with Gasteiger partial charge in [0.1, 0.15) is 0 Å². The average Bonchev–Trinajstić information content (AvgIpc) is 2.33. The number of hydrogen-bond donors (Lipinski definition) is 2. The molecule has 6 heteroatoms. The van der Waals surface area contributed by atoms with Crippen LogP contribution < -0.4 is 0 Å². The number of rotatable bonds is 2. The lowest BCUT2D eigenvalue weighted by Gasteiger charge is -1.97. The van der Waals surface area contributed by atoms with E-state index in [2.05, 4.69) is 10.2 Å². The molecule has 2 atom stereocenters. The van der Waals surface area contributed by atoms with Crippen molar-refractivity contribution >= 4 is 11.9 Å². The summed E-state index contributed by atoms with van der Waals surface area (Å²) in [6.07, 6.45) is -0.0370. The quantitative estimate of drug-likeness (QED) is 0.578. The fraction of sp³-hybridized carbons (Fsp3) is 0.600. The molecule has 0 aromatic carbocycles. The van der Waals surface area contributed by atoms with Gasteiger partial charge in [0, 0.05) is 6.42 Å². The largest absolute Gasteiger partial charge is 0.480 e. The van der Waals surface area contributed by atoms with Gasteiger partial charge in [-0.2, -0.15) is 10.2 Å². The first-order valence-electron chi connectivity index (χ1n) is 2.97. The maximum Gasteiger partial charge on any atom is 0.330 e. The lowest BCUT2D eigenvalue weighted by molar-refractivity contribution is -0.139. The van der Waals surface area contributed by atoms with Gasteiger partial charge in [-0.1, -0.05) is 0 Å². The molecule has 0 amide bonds. The molecule has 0 saturated heterocycles. The van der Waals surface area contributed by atoms with Gasteiger partial charge in [-0.05, 0) is 0 Å². The van der Waals surface area contributed by atoms with Gasteiger partial charge in [-0.15, -0.1) is 0 Å².